The first kappa shape index (κ1) is 21.0. The first-order valence-corrected chi connectivity index (χ1v) is 11.1. The van der Waals surface area contributed by atoms with Gasteiger partial charge in [-0.15, -0.1) is 0 Å². The summed E-state index contributed by atoms with van der Waals surface area (Å²) in [6.07, 6.45) is 3.31. The molecule has 2 saturated carbocycles. The molecule has 1 N–H and O–H groups in total. The molecule has 172 valence electrons. The Labute approximate surface area is 184 Å². The zero-order valence-electron chi connectivity index (χ0n) is 17.7. The highest BCUT2D eigenvalue weighted by Gasteiger charge is 2.35. The van der Waals surface area contributed by atoms with Crippen LogP contribution in [0.1, 0.15) is 50.1 Å². The molecule has 0 bridgehead atoms. The Morgan fingerprint density at radius 1 is 1.16 bits per heavy atom. The van der Waals surface area contributed by atoms with E-state index in [4.69, 9.17) is 9.47 Å². The molecule has 11 heteroatoms. The molecule has 32 heavy (non-hydrogen) atoms. The summed E-state index contributed by atoms with van der Waals surface area (Å²) in [6.45, 7) is 2.47. The number of alkyl halides is 2. The fraction of sp³-hybridized carbons (Fsp3) is 0.619. The SMILES string of the molecule is O=C(NC1CCC(F)(F)CC1)Oc1cc(N2CCOCC2)nc(-n2ccc(C3CC3)n2)n1. The van der Waals surface area contributed by atoms with E-state index in [2.05, 4.69) is 20.4 Å². The molecule has 0 aromatic carbocycles. The summed E-state index contributed by atoms with van der Waals surface area (Å²) < 4.78 is 39.2. The van der Waals surface area contributed by atoms with Gasteiger partial charge in [-0.25, -0.2) is 18.3 Å². The molecule has 2 aliphatic carbocycles. The van der Waals surface area contributed by atoms with E-state index in [9.17, 15) is 13.6 Å². The molecule has 3 heterocycles. The minimum Gasteiger partial charge on any atom is -0.391 e. The number of carbonyl (C=O) groups excluding carboxylic acids is 1. The van der Waals surface area contributed by atoms with Gasteiger partial charge in [0, 0.05) is 50.2 Å². The van der Waals surface area contributed by atoms with Gasteiger partial charge >= 0.3 is 6.09 Å². The van der Waals surface area contributed by atoms with Crippen LogP contribution >= 0.6 is 0 Å². The third-order valence-corrected chi connectivity index (χ3v) is 6.06. The summed E-state index contributed by atoms with van der Waals surface area (Å²) >= 11 is 0. The first-order chi connectivity index (χ1) is 15.4. The molecule has 0 radical (unpaired) electrons. The molecule has 2 aromatic heterocycles. The van der Waals surface area contributed by atoms with Gasteiger partial charge in [0.15, 0.2) is 0 Å². The van der Waals surface area contributed by atoms with Crippen LogP contribution in [0, 0.1) is 0 Å². The Kier molecular flexibility index (Phi) is 5.66. The van der Waals surface area contributed by atoms with E-state index >= 15 is 0 Å². The zero-order chi connectivity index (χ0) is 22.1. The van der Waals surface area contributed by atoms with Crippen LogP contribution in [0.2, 0.25) is 0 Å². The third kappa shape index (κ3) is 4.98. The number of amides is 1. The van der Waals surface area contributed by atoms with E-state index in [1.807, 2.05) is 11.0 Å². The van der Waals surface area contributed by atoms with E-state index in [0.29, 0.717) is 44.0 Å². The predicted octanol–water partition coefficient (Wildman–Crippen LogP) is 3.04. The van der Waals surface area contributed by atoms with Crippen molar-refractivity contribution in [2.45, 2.75) is 56.4 Å². The zero-order valence-corrected chi connectivity index (χ0v) is 17.7. The van der Waals surface area contributed by atoms with Crippen LogP contribution in [-0.2, 0) is 4.74 Å². The maximum atomic E-state index is 13.4. The normalized spacial score (nSPS) is 21.4. The smallest absolute Gasteiger partial charge is 0.391 e. The highest BCUT2D eigenvalue weighted by Crippen LogP contribution is 2.39. The molecule has 1 aliphatic heterocycles. The quantitative estimate of drug-likeness (QED) is 0.751. The molecule has 9 nitrogen and oxygen atoms in total. The van der Waals surface area contributed by atoms with Gasteiger partial charge in [-0.2, -0.15) is 15.1 Å². The van der Waals surface area contributed by atoms with Crippen molar-refractivity contribution in [3.05, 3.63) is 24.0 Å². The van der Waals surface area contributed by atoms with E-state index in [-0.39, 0.29) is 37.6 Å². The van der Waals surface area contributed by atoms with Crippen LogP contribution in [0.15, 0.2) is 18.3 Å². The number of halogens is 2. The summed E-state index contributed by atoms with van der Waals surface area (Å²) in [5.41, 5.74) is 1.000. The second kappa shape index (κ2) is 8.61. The lowest BCUT2D eigenvalue weighted by Gasteiger charge is -2.29. The summed E-state index contributed by atoms with van der Waals surface area (Å²) in [7, 11) is 0. The van der Waals surface area contributed by atoms with E-state index in [1.54, 1.807) is 16.9 Å². The van der Waals surface area contributed by atoms with E-state index < -0.39 is 12.0 Å². The van der Waals surface area contributed by atoms with Crippen molar-refractivity contribution < 1.29 is 23.0 Å². The maximum absolute atomic E-state index is 13.4. The standard InChI is InChI=1S/C21H26F2N6O3/c22-21(23)6-3-15(4-7-21)24-20(30)32-18-13-17(28-9-11-31-12-10-28)25-19(26-18)29-8-5-16(27-29)14-1-2-14/h5,8,13-15H,1-4,6-7,9-12H2,(H,24,30). The number of nitrogens with zero attached hydrogens (tertiary/aromatic N) is 5. The number of nitrogens with one attached hydrogen (secondary N) is 1. The van der Waals surface area contributed by atoms with Gasteiger partial charge in [0.1, 0.15) is 5.82 Å². The molecule has 5 rings (SSSR count). The molecular weight excluding hydrogens is 422 g/mol. The van der Waals surface area contributed by atoms with Crippen molar-refractivity contribution in [3.8, 4) is 11.8 Å². The van der Waals surface area contributed by atoms with Gasteiger partial charge in [-0.3, -0.25) is 0 Å². The van der Waals surface area contributed by atoms with Crippen LogP contribution in [0.25, 0.3) is 5.95 Å². The van der Waals surface area contributed by atoms with Crippen LogP contribution < -0.4 is 15.0 Å². The Bertz CT molecular complexity index is 964. The second-order valence-corrected chi connectivity index (χ2v) is 8.59. The van der Waals surface area contributed by atoms with Crippen molar-refractivity contribution in [2.75, 3.05) is 31.2 Å². The number of rotatable bonds is 5. The van der Waals surface area contributed by atoms with Gasteiger partial charge in [0.25, 0.3) is 5.95 Å². The Hall–Kier alpha value is -2.82. The number of hydrogen-bond donors (Lipinski definition) is 1. The molecule has 1 saturated heterocycles. The van der Waals surface area contributed by atoms with Gasteiger partial charge in [-0.05, 0) is 31.7 Å². The fourth-order valence-corrected chi connectivity index (χ4v) is 4.03. The van der Waals surface area contributed by atoms with Crippen molar-refractivity contribution in [3.63, 3.8) is 0 Å². The number of hydrogen-bond acceptors (Lipinski definition) is 7. The van der Waals surface area contributed by atoms with Crippen LogP contribution in [0.3, 0.4) is 0 Å². The molecule has 3 fully saturated rings. The average Bonchev–Trinajstić information content (AvgIpc) is 3.52. The summed E-state index contributed by atoms with van der Waals surface area (Å²) in [6, 6.07) is 3.22. The van der Waals surface area contributed by atoms with Crippen LogP contribution in [-0.4, -0.2) is 64.1 Å². The highest BCUT2D eigenvalue weighted by atomic mass is 19.3. The van der Waals surface area contributed by atoms with Crippen LogP contribution in [0.5, 0.6) is 5.88 Å². The minimum absolute atomic E-state index is 0.0820. The molecule has 0 unspecified atom stereocenters. The topological polar surface area (TPSA) is 94.4 Å². The molecule has 0 spiro atoms. The molecular formula is C21H26F2N6O3. The lowest BCUT2D eigenvalue weighted by atomic mass is 9.92. The third-order valence-electron chi connectivity index (χ3n) is 6.06. The number of anilines is 1. The van der Waals surface area contributed by atoms with E-state index in [0.717, 1.165) is 18.5 Å². The number of carbonyl (C=O) groups is 1. The van der Waals surface area contributed by atoms with Crippen molar-refractivity contribution in [1.29, 1.82) is 0 Å². The number of morpholine rings is 1. The Morgan fingerprint density at radius 3 is 2.62 bits per heavy atom. The summed E-state index contributed by atoms with van der Waals surface area (Å²) in [5, 5.41) is 7.26. The fourth-order valence-electron chi connectivity index (χ4n) is 4.03. The summed E-state index contributed by atoms with van der Waals surface area (Å²) in [4.78, 5) is 23.5. The molecule has 0 atom stereocenters. The Balaban J connectivity index is 1.33. The molecule has 1 amide bonds. The van der Waals surface area contributed by atoms with Crippen molar-refractivity contribution >= 4 is 11.9 Å². The van der Waals surface area contributed by atoms with Crippen LogP contribution in [0.4, 0.5) is 19.4 Å². The maximum Gasteiger partial charge on any atom is 0.414 e. The van der Waals surface area contributed by atoms with Crippen molar-refractivity contribution in [1.82, 2.24) is 25.1 Å². The Morgan fingerprint density at radius 2 is 1.91 bits per heavy atom. The monoisotopic (exact) mass is 448 g/mol. The van der Waals surface area contributed by atoms with Gasteiger partial charge in [-0.1, -0.05) is 0 Å². The second-order valence-electron chi connectivity index (χ2n) is 8.59. The van der Waals surface area contributed by atoms with E-state index in [1.165, 1.54) is 0 Å². The predicted molar refractivity (Wildman–Crippen MR) is 111 cm³/mol. The number of aromatic nitrogens is 4. The number of ether oxygens (including phenoxy) is 2. The largest absolute Gasteiger partial charge is 0.414 e. The molecule has 3 aliphatic rings. The lowest BCUT2D eigenvalue weighted by molar-refractivity contribution is -0.0399. The minimum atomic E-state index is -2.65. The summed E-state index contributed by atoms with van der Waals surface area (Å²) in [5.74, 6) is -1.16. The van der Waals surface area contributed by atoms with Crippen molar-refractivity contribution in [2.24, 2.45) is 0 Å². The highest BCUT2D eigenvalue weighted by molar-refractivity contribution is 5.70. The van der Waals surface area contributed by atoms with Gasteiger partial charge in [0.2, 0.25) is 11.8 Å². The average molecular weight is 448 g/mol. The van der Waals surface area contributed by atoms with Gasteiger partial charge < -0.3 is 19.7 Å². The lowest BCUT2D eigenvalue weighted by Crippen LogP contribution is -2.41. The first-order valence-electron chi connectivity index (χ1n) is 11.1. The molecule has 2 aromatic rings. The van der Waals surface area contributed by atoms with Gasteiger partial charge in [0.05, 0.1) is 18.9 Å².